The predicted octanol–water partition coefficient (Wildman–Crippen LogP) is 4.14. The summed E-state index contributed by atoms with van der Waals surface area (Å²) in [5, 5.41) is 2.74. The number of benzene rings is 1. The van der Waals surface area contributed by atoms with Crippen molar-refractivity contribution in [3.05, 3.63) is 36.4 Å². The molecule has 0 aliphatic carbocycles. The quantitative estimate of drug-likeness (QED) is 0.649. The lowest BCUT2D eigenvalue weighted by Gasteiger charge is -2.32. The Kier molecular flexibility index (Phi) is 5.88. The molecule has 142 valence electrons. The molecule has 1 aromatic rings. The Morgan fingerprint density at radius 3 is 2.38 bits per heavy atom. The summed E-state index contributed by atoms with van der Waals surface area (Å²) >= 11 is 0. The van der Waals surface area contributed by atoms with Crippen molar-refractivity contribution in [2.75, 3.05) is 11.9 Å². The molecule has 1 amide bonds. The monoisotopic (exact) mass is 359 g/mol. The molecule has 1 saturated heterocycles. The summed E-state index contributed by atoms with van der Waals surface area (Å²) in [5.74, 6) is 0. The van der Waals surface area contributed by atoms with Gasteiger partial charge in [0, 0.05) is 5.69 Å². The van der Waals surface area contributed by atoms with E-state index in [0.717, 1.165) is 5.46 Å². The highest BCUT2D eigenvalue weighted by Crippen LogP contribution is 2.36. The number of rotatable bonds is 4. The topological polar surface area (TPSA) is 56.8 Å². The lowest BCUT2D eigenvalue weighted by molar-refractivity contribution is 0.00578. The van der Waals surface area contributed by atoms with E-state index in [1.807, 2.05) is 58.0 Å². The van der Waals surface area contributed by atoms with Gasteiger partial charge in [-0.1, -0.05) is 45.1 Å². The summed E-state index contributed by atoms with van der Waals surface area (Å²) in [6.45, 7) is 14.5. The summed E-state index contributed by atoms with van der Waals surface area (Å²) in [4.78, 5) is 11.9. The van der Waals surface area contributed by atoms with E-state index in [1.165, 1.54) is 0 Å². The molecular weight excluding hydrogens is 329 g/mol. The van der Waals surface area contributed by atoms with E-state index in [4.69, 9.17) is 14.0 Å². The van der Waals surface area contributed by atoms with Gasteiger partial charge in [0.1, 0.15) is 6.61 Å². The average Bonchev–Trinajstić information content (AvgIpc) is 2.71. The zero-order valence-corrected chi connectivity index (χ0v) is 16.9. The highest BCUT2D eigenvalue weighted by Gasteiger charge is 2.51. The molecule has 0 radical (unpaired) electrons. The van der Waals surface area contributed by atoms with Gasteiger partial charge in [-0.3, -0.25) is 5.32 Å². The molecule has 26 heavy (non-hydrogen) atoms. The van der Waals surface area contributed by atoms with Gasteiger partial charge in [0.05, 0.1) is 11.2 Å². The van der Waals surface area contributed by atoms with Crippen molar-refractivity contribution in [2.45, 2.75) is 59.7 Å². The minimum atomic E-state index is -0.491. The van der Waals surface area contributed by atoms with Crippen molar-refractivity contribution in [2.24, 2.45) is 5.41 Å². The first kappa shape index (κ1) is 20.5. The van der Waals surface area contributed by atoms with Crippen LogP contribution in [0.2, 0.25) is 0 Å². The number of allylic oxidation sites excluding steroid dienone is 1. The maximum absolute atomic E-state index is 11.9. The van der Waals surface area contributed by atoms with Crippen LogP contribution < -0.4 is 10.8 Å². The molecule has 0 unspecified atom stereocenters. The molecule has 1 aliphatic heterocycles. The van der Waals surface area contributed by atoms with E-state index in [-0.39, 0.29) is 12.0 Å². The SMILES string of the molecule is CC(C)(C)C=CCOC(=O)Nc1cccc(B2OC(C)(C)C(C)(C)O2)c1. The van der Waals surface area contributed by atoms with Crippen LogP contribution in [0.15, 0.2) is 36.4 Å². The van der Waals surface area contributed by atoms with E-state index in [9.17, 15) is 4.79 Å². The molecule has 1 aromatic carbocycles. The number of ether oxygens (including phenoxy) is 1. The molecular formula is C20H30BNO4. The standard InChI is InChI=1S/C20H30BNO4/c1-18(2,3)12-9-13-24-17(23)22-16-11-8-10-15(14-16)21-25-19(4,5)20(6,7)26-21/h8-12,14H,13H2,1-7H3,(H,22,23). The van der Waals surface area contributed by atoms with Crippen molar-refractivity contribution < 1.29 is 18.8 Å². The number of nitrogens with one attached hydrogen (secondary N) is 1. The van der Waals surface area contributed by atoms with Crippen molar-refractivity contribution >= 4 is 24.4 Å². The zero-order chi connectivity index (χ0) is 19.6. The predicted molar refractivity (Wildman–Crippen MR) is 106 cm³/mol. The van der Waals surface area contributed by atoms with Crippen molar-refractivity contribution in [3.8, 4) is 0 Å². The molecule has 5 nitrogen and oxygen atoms in total. The Bertz CT molecular complexity index is 661. The largest absolute Gasteiger partial charge is 0.494 e. The average molecular weight is 359 g/mol. The van der Waals surface area contributed by atoms with Gasteiger partial charge in [0.25, 0.3) is 0 Å². The maximum Gasteiger partial charge on any atom is 0.494 e. The van der Waals surface area contributed by atoms with Gasteiger partial charge in [-0.05, 0) is 50.7 Å². The van der Waals surface area contributed by atoms with E-state index in [1.54, 1.807) is 6.07 Å². The van der Waals surface area contributed by atoms with E-state index >= 15 is 0 Å². The minimum absolute atomic E-state index is 0.0665. The van der Waals surface area contributed by atoms with Gasteiger partial charge in [0.15, 0.2) is 0 Å². The van der Waals surface area contributed by atoms with Crippen LogP contribution in [0, 0.1) is 5.41 Å². The Hall–Kier alpha value is -1.79. The fraction of sp³-hybridized carbons (Fsp3) is 0.550. The second-order valence-electron chi connectivity index (χ2n) is 8.71. The Morgan fingerprint density at radius 1 is 1.19 bits per heavy atom. The molecule has 0 saturated carbocycles. The summed E-state index contributed by atoms with van der Waals surface area (Å²) in [6, 6.07) is 7.43. The number of hydrogen-bond donors (Lipinski definition) is 1. The van der Waals surface area contributed by atoms with Crippen molar-refractivity contribution in [1.29, 1.82) is 0 Å². The highest BCUT2D eigenvalue weighted by atomic mass is 16.7. The fourth-order valence-corrected chi connectivity index (χ4v) is 2.42. The second kappa shape index (κ2) is 7.45. The van der Waals surface area contributed by atoms with Crippen molar-refractivity contribution in [3.63, 3.8) is 0 Å². The van der Waals surface area contributed by atoms with Gasteiger partial charge in [-0.2, -0.15) is 0 Å². The van der Waals surface area contributed by atoms with E-state index in [0.29, 0.717) is 5.69 Å². The van der Waals surface area contributed by atoms with Gasteiger partial charge < -0.3 is 14.0 Å². The van der Waals surface area contributed by atoms with Crippen LogP contribution in [0.4, 0.5) is 10.5 Å². The summed E-state index contributed by atoms with van der Waals surface area (Å²) in [5.41, 5.74) is 0.756. The Balaban J connectivity index is 1.95. The van der Waals surface area contributed by atoms with Crippen LogP contribution in [0.1, 0.15) is 48.5 Å². The van der Waals surface area contributed by atoms with E-state index < -0.39 is 24.4 Å². The first-order valence-corrected chi connectivity index (χ1v) is 8.97. The number of anilines is 1. The van der Waals surface area contributed by atoms with Crippen molar-refractivity contribution in [1.82, 2.24) is 0 Å². The molecule has 0 atom stereocenters. The molecule has 2 rings (SSSR count). The smallest absolute Gasteiger partial charge is 0.445 e. The lowest BCUT2D eigenvalue weighted by atomic mass is 9.79. The zero-order valence-electron chi connectivity index (χ0n) is 16.9. The molecule has 6 heteroatoms. The minimum Gasteiger partial charge on any atom is -0.445 e. The van der Waals surface area contributed by atoms with Crippen LogP contribution in [-0.4, -0.2) is 31.0 Å². The number of amides is 1. The fourth-order valence-electron chi connectivity index (χ4n) is 2.42. The Labute approximate surface area is 157 Å². The molecule has 1 heterocycles. The van der Waals surface area contributed by atoms with Crippen LogP contribution in [-0.2, 0) is 14.0 Å². The molecule has 0 aromatic heterocycles. The van der Waals surface area contributed by atoms with Gasteiger partial charge in [0.2, 0.25) is 0 Å². The van der Waals surface area contributed by atoms with Crippen LogP contribution >= 0.6 is 0 Å². The molecule has 0 bridgehead atoms. The first-order valence-electron chi connectivity index (χ1n) is 8.97. The van der Waals surface area contributed by atoms with Gasteiger partial charge in [-0.25, -0.2) is 4.79 Å². The normalized spacial score (nSPS) is 19.0. The summed E-state index contributed by atoms with van der Waals surface area (Å²) < 4.78 is 17.3. The lowest BCUT2D eigenvalue weighted by Crippen LogP contribution is -2.41. The highest BCUT2D eigenvalue weighted by molar-refractivity contribution is 6.62. The number of carbonyl (C=O) groups excluding carboxylic acids is 1. The van der Waals surface area contributed by atoms with Crippen LogP contribution in [0.25, 0.3) is 0 Å². The van der Waals surface area contributed by atoms with Crippen LogP contribution in [0.3, 0.4) is 0 Å². The van der Waals surface area contributed by atoms with Gasteiger partial charge in [-0.15, -0.1) is 0 Å². The summed E-state index contributed by atoms with van der Waals surface area (Å²) in [6.07, 6.45) is 3.37. The van der Waals surface area contributed by atoms with Crippen LogP contribution in [0.5, 0.6) is 0 Å². The van der Waals surface area contributed by atoms with Gasteiger partial charge >= 0.3 is 13.2 Å². The number of carbonyl (C=O) groups is 1. The molecule has 0 spiro atoms. The maximum atomic E-state index is 11.9. The summed E-state index contributed by atoms with van der Waals surface area (Å²) in [7, 11) is -0.465. The molecule has 1 fully saturated rings. The first-order chi connectivity index (χ1) is 11.9. The number of hydrogen-bond acceptors (Lipinski definition) is 4. The third-order valence-corrected chi connectivity index (χ3v) is 4.59. The molecule has 1 N–H and O–H groups in total. The Morgan fingerprint density at radius 2 is 1.81 bits per heavy atom. The third-order valence-electron chi connectivity index (χ3n) is 4.59. The van der Waals surface area contributed by atoms with E-state index in [2.05, 4.69) is 26.1 Å². The molecule has 1 aliphatic rings. The second-order valence-corrected chi connectivity index (χ2v) is 8.71. The third kappa shape index (κ3) is 5.35.